The molecule has 19 heavy (non-hydrogen) atoms. The molecule has 3 aromatic rings. The van der Waals surface area contributed by atoms with E-state index < -0.39 is 5.82 Å². The molecule has 2 aromatic heterocycles. The topological polar surface area (TPSA) is 65.7 Å². The zero-order chi connectivity index (χ0) is 13.6. The number of aromatic nitrogens is 5. The molecule has 6 nitrogen and oxygen atoms in total. The van der Waals surface area contributed by atoms with Crippen molar-refractivity contribution in [1.82, 2.24) is 25.0 Å². The summed E-state index contributed by atoms with van der Waals surface area (Å²) in [5.74, 6) is -0.428. The normalized spacial score (nSPS) is 11.6. The van der Waals surface area contributed by atoms with Crippen molar-refractivity contribution in [2.24, 2.45) is 0 Å². The molecule has 0 aliphatic carbocycles. The van der Waals surface area contributed by atoms with Crippen LogP contribution in [-0.2, 0) is 0 Å². The fourth-order valence-electron chi connectivity index (χ4n) is 2.01. The van der Waals surface area contributed by atoms with Crippen molar-refractivity contribution < 1.29 is 9.13 Å². The molecule has 0 bridgehead atoms. The Morgan fingerprint density at radius 3 is 2.79 bits per heavy atom. The Hall–Kier alpha value is -2.31. The van der Waals surface area contributed by atoms with Crippen LogP contribution in [0.3, 0.4) is 0 Å². The van der Waals surface area contributed by atoms with Crippen LogP contribution in [0.25, 0.3) is 21.9 Å². The van der Waals surface area contributed by atoms with Gasteiger partial charge in [0.25, 0.3) is 0 Å². The van der Waals surface area contributed by atoms with Crippen LogP contribution in [0.15, 0.2) is 12.3 Å². The van der Waals surface area contributed by atoms with Gasteiger partial charge in [0.15, 0.2) is 11.3 Å². The first kappa shape index (κ1) is 11.8. The van der Waals surface area contributed by atoms with E-state index in [1.54, 1.807) is 4.68 Å². The number of nitrogens with zero attached hydrogens (tertiary/aromatic N) is 5. The van der Waals surface area contributed by atoms with E-state index in [0.29, 0.717) is 16.4 Å². The lowest BCUT2D eigenvalue weighted by Gasteiger charge is -2.08. The molecule has 0 amide bonds. The average Bonchev–Trinajstić information content (AvgIpc) is 2.84. The van der Waals surface area contributed by atoms with Crippen LogP contribution in [0.5, 0.6) is 6.01 Å². The summed E-state index contributed by atoms with van der Waals surface area (Å²) in [5, 5.41) is 8.46. The van der Waals surface area contributed by atoms with Crippen molar-refractivity contribution in [3.63, 3.8) is 0 Å². The van der Waals surface area contributed by atoms with Gasteiger partial charge in [-0.15, -0.1) is 5.10 Å². The van der Waals surface area contributed by atoms with Crippen LogP contribution in [0.2, 0.25) is 0 Å². The quantitative estimate of drug-likeness (QED) is 0.706. The van der Waals surface area contributed by atoms with Gasteiger partial charge in [-0.05, 0) is 19.9 Å². The molecule has 0 unspecified atom stereocenters. The summed E-state index contributed by atoms with van der Waals surface area (Å²) in [4.78, 5) is 8.26. The molecular weight excluding hydrogens is 249 g/mol. The first-order chi connectivity index (χ1) is 9.11. The van der Waals surface area contributed by atoms with Crippen LogP contribution in [0, 0.1) is 5.82 Å². The van der Waals surface area contributed by atoms with Gasteiger partial charge in [-0.3, -0.25) is 0 Å². The second-order valence-corrected chi connectivity index (χ2v) is 4.48. The molecule has 0 spiro atoms. The first-order valence-corrected chi connectivity index (χ1v) is 5.86. The van der Waals surface area contributed by atoms with Gasteiger partial charge in [-0.1, -0.05) is 5.21 Å². The third-order valence-corrected chi connectivity index (χ3v) is 2.89. The molecule has 0 aliphatic rings. The first-order valence-electron chi connectivity index (χ1n) is 5.86. The number of hydrogen-bond acceptors (Lipinski definition) is 5. The van der Waals surface area contributed by atoms with Gasteiger partial charge in [-0.25, -0.2) is 14.1 Å². The van der Waals surface area contributed by atoms with Crippen LogP contribution in [-0.4, -0.2) is 32.1 Å². The van der Waals surface area contributed by atoms with E-state index in [1.807, 2.05) is 13.8 Å². The minimum Gasteiger partial charge on any atom is -0.467 e. The van der Waals surface area contributed by atoms with E-state index in [9.17, 15) is 4.39 Å². The van der Waals surface area contributed by atoms with Crippen molar-refractivity contribution in [2.75, 3.05) is 7.11 Å². The number of rotatable bonds is 2. The maximum absolute atomic E-state index is 14.0. The van der Waals surface area contributed by atoms with Crippen molar-refractivity contribution in [2.45, 2.75) is 19.9 Å². The van der Waals surface area contributed by atoms with Crippen LogP contribution in [0.4, 0.5) is 4.39 Å². The molecule has 2 heterocycles. The molecule has 0 fully saturated rings. The summed E-state index contributed by atoms with van der Waals surface area (Å²) < 4.78 is 20.6. The minimum atomic E-state index is -0.428. The summed E-state index contributed by atoms with van der Waals surface area (Å²) in [6, 6.07) is 1.64. The summed E-state index contributed by atoms with van der Waals surface area (Å²) in [7, 11) is 1.49. The molecule has 0 saturated carbocycles. The highest BCUT2D eigenvalue weighted by Gasteiger charge is 2.17. The van der Waals surface area contributed by atoms with Crippen LogP contribution >= 0.6 is 0 Å². The lowest BCUT2D eigenvalue weighted by atomic mass is 10.2. The standard InChI is InChI=1S/C12H12FN5O/c1-6(2)18-11-9-7(5-14-12(15-9)19-3)4-8(13)10(11)16-17-18/h4-6H,1-3H3. The number of fused-ring (bicyclic) bond motifs is 3. The number of halogens is 1. The highest BCUT2D eigenvalue weighted by molar-refractivity contribution is 6.01. The zero-order valence-electron chi connectivity index (χ0n) is 10.8. The van der Waals surface area contributed by atoms with Crippen molar-refractivity contribution in [1.29, 1.82) is 0 Å². The lowest BCUT2D eigenvalue weighted by molar-refractivity contribution is 0.382. The van der Waals surface area contributed by atoms with Crippen molar-refractivity contribution >= 4 is 21.9 Å². The Balaban J connectivity index is 2.49. The average molecular weight is 261 g/mol. The predicted molar refractivity (Wildman–Crippen MR) is 67.5 cm³/mol. The van der Waals surface area contributed by atoms with E-state index >= 15 is 0 Å². The minimum absolute atomic E-state index is 0.0518. The lowest BCUT2D eigenvalue weighted by Crippen LogP contribution is -2.04. The van der Waals surface area contributed by atoms with Gasteiger partial charge in [0.1, 0.15) is 11.0 Å². The number of hydrogen-bond donors (Lipinski definition) is 0. The maximum Gasteiger partial charge on any atom is 0.316 e. The van der Waals surface area contributed by atoms with Crippen LogP contribution < -0.4 is 4.74 Å². The highest BCUT2D eigenvalue weighted by atomic mass is 19.1. The summed E-state index contributed by atoms with van der Waals surface area (Å²) in [5.41, 5.74) is 1.36. The van der Waals surface area contributed by atoms with E-state index in [0.717, 1.165) is 0 Å². The summed E-state index contributed by atoms with van der Waals surface area (Å²) in [6.45, 7) is 3.90. The Morgan fingerprint density at radius 2 is 2.11 bits per heavy atom. The Bertz CT molecular complexity index is 767. The summed E-state index contributed by atoms with van der Waals surface area (Å²) in [6.07, 6.45) is 1.53. The van der Waals surface area contributed by atoms with Gasteiger partial charge in [0.05, 0.1) is 7.11 Å². The fourth-order valence-corrected chi connectivity index (χ4v) is 2.01. The molecular formula is C12H12FN5O. The van der Waals surface area contributed by atoms with E-state index in [-0.39, 0.29) is 17.6 Å². The predicted octanol–water partition coefficient (Wildman–Crippen LogP) is 2.10. The second kappa shape index (κ2) is 4.11. The fraction of sp³-hybridized carbons (Fsp3) is 0.333. The molecule has 0 radical (unpaired) electrons. The number of benzene rings is 1. The Morgan fingerprint density at radius 1 is 1.32 bits per heavy atom. The number of methoxy groups -OCH3 is 1. The third kappa shape index (κ3) is 1.69. The molecule has 98 valence electrons. The van der Waals surface area contributed by atoms with Gasteiger partial charge in [0.2, 0.25) is 0 Å². The van der Waals surface area contributed by atoms with Gasteiger partial charge in [0, 0.05) is 17.6 Å². The van der Waals surface area contributed by atoms with Gasteiger partial charge >= 0.3 is 6.01 Å². The maximum atomic E-state index is 14.0. The van der Waals surface area contributed by atoms with Crippen molar-refractivity contribution in [3.8, 4) is 6.01 Å². The molecule has 3 rings (SSSR count). The third-order valence-electron chi connectivity index (χ3n) is 2.89. The number of ether oxygens (including phenoxy) is 1. The van der Waals surface area contributed by atoms with Crippen LogP contribution in [0.1, 0.15) is 19.9 Å². The molecule has 7 heteroatoms. The van der Waals surface area contributed by atoms with E-state index in [1.165, 1.54) is 19.4 Å². The Labute approximate surface area is 108 Å². The second-order valence-electron chi connectivity index (χ2n) is 4.48. The summed E-state index contributed by atoms with van der Waals surface area (Å²) >= 11 is 0. The highest BCUT2D eigenvalue weighted by Crippen LogP contribution is 2.27. The Kier molecular flexibility index (Phi) is 2.55. The molecule has 1 aromatic carbocycles. The van der Waals surface area contributed by atoms with Crippen molar-refractivity contribution in [3.05, 3.63) is 18.1 Å². The molecule has 0 aliphatic heterocycles. The monoisotopic (exact) mass is 261 g/mol. The SMILES string of the molecule is COc1ncc2cc(F)c3nnn(C(C)C)c3c2n1. The van der Waals surface area contributed by atoms with Gasteiger partial charge in [-0.2, -0.15) is 4.98 Å². The van der Waals surface area contributed by atoms with E-state index in [4.69, 9.17) is 4.74 Å². The van der Waals surface area contributed by atoms with Gasteiger partial charge < -0.3 is 4.74 Å². The zero-order valence-corrected chi connectivity index (χ0v) is 10.8. The molecule has 0 N–H and O–H groups in total. The molecule has 0 atom stereocenters. The van der Waals surface area contributed by atoms with E-state index in [2.05, 4.69) is 20.3 Å². The largest absolute Gasteiger partial charge is 0.467 e. The molecule has 0 saturated heterocycles. The smallest absolute Gasteiger partial charge is 0.316 e.